The van der Waals surface area contributed by atoms with Crippen molar-refractivity contribution in [3.63, 3.8) is 0 Å². The molecule has 0 fully saturated rings. The molecule has 4 heteroatoms. The van der Waals surface area contributed by atoms with Gasteiger partial charge in [0, 0.05) is 12.3 Å². The maximum atomic E-state index is 11.4. The predicted molar refractivity (Wildman–Crippen MR) is 54.0 cm³/mol. The monoisotopic (exact) mass is 194 g/mol. The number of pyridine rings is 1. The number of hydrogen-bond acceptors (Lipinski definition) is 2. The molecule has 1 aromatic rings. The molecule has 14 heavy (non-hydrogen) atoms. The van der Waals surface area contributed by atoms with Crippen LogP contribution in [0.1, 0.15) is 25.3 Å². The Labute approximate surface area is 82.3 Å². The normalized spacial score (nSPS) is 10.5. The number of nitrogens with two attached hydrogens (primary N) is 1. The minimum absolute atomic E-state index is 0.0583. The van der Waals surface area contributed by atoms with E-state index in [9.17, 15) is 9.59 Å². The van der Waals surface area contributed by atoms with Gasteiger partial charge in [0.1, 0.15) is 6.54 Å². The maximum Gasteiger partial charge on any atom is 0.251 e. The first-order valence-corrected chi connectivity index (χ1v) is 4.49. The molecule has 0 aliphatic rings. The van der Waals surface area contributed by atoms with Gasteiger partial charge in [-0.1, -0.05) is 13.8 Å². The summed E-state index contributed by atoms with van der Waals surface area (Å²) in [6.45, 7) is 3.96. The van der Waals surface area contributed by atoms with Gasteiger partial charge in [0.15, 0.2) is 0 Å². The minimum atomic E-state index is -0.510. The molecular weight excluding hydrogens is 180 g/mol. The lowest BCUT2D eigenvalue weighted by atomic mass is 10.1. The topological polar surface area (TPSA) is 65.1 Å². The first-order chi connectivity index (χ1) is 6.50. The van der Waals surface area contributed by atoms with Crippen LogP contribution in [0.15, 0.2) is 23.1 Å². The molecule has 0 aromatic carbocycles. The molecule has 0 aliphatic heterocycles. The van der Waals surface area contributed by atoms with Crippen molar-refractivity contribution in [3.8, 4) is 0 Å². The van der Waals surface area contributed by atoms with Gasteiger partial charge < -0.3 is 10.3 Å². The first-order valence-electron chi connectivity index (χ1n) is 4.49. The van der Waals surface area contributed by atoms with E-state index in [-0.39, 0.29) is 12.1 Å². The lowest BCUT2D eigenvalue weighted by molar-refractivity contribution is -0.118. The fraction of sp³-hybridized carbons (Fsp3) is 0.400. The summed E-state index contributed by atoms with van der Waals surface area (Å²) < 4.78 is 1.30. The number of carbonyl (C=O) groups is 1. The van der Waals surface area contributed by atoms with Crippen LogP contribution in [-0.4, -0.2) is 10.5 Å². The van der Waals surface area contributed by atoms with E-state index >= 15 is 0 Å². The van der Waals surface area contributed by atoms with Crippen molar-refractivity contribution >= 4 is 5.91 Å². The zero-order valence-corrected chi connectivity index (χ0v) is 8.36. The summed E-state index contributed by atoms with van der Waals surface area (Å²) in [5.74, 6) is -0.199. The average molecular weight is 194 g/mol. The van der Waals surface area contributed by atoms with Gasteiger partial charge in [-0.15, -0.1) is 0 Å². The number of nitrogens with zero attached hydrogens (tertiary/aromatic N) is 1. The molecule has 76 valence electrons. The lowest BCUT2D eigenvalue weighted by Crippen LogP contribution is -2.27. The van der Waals surface area contributed by atoms with E-state index in [2.05, 4.69) is 0 Å². The van der Waals surface area contributed by atoms with E-state index < -0.39 is 5.91 Å². The van der Waals surface area contributed by atoms with Crippen LogP contribution in [0.2, 0.25) is 0 Å². The molecule has 1 heterocycles. The summed E-state index contributed by atoms with van der Waals surface area (Å²) in [5.41, 5.74) is 5.78. The molecule has 0 bridgehead atoms. The van der Waals surface area contributed by atoms with Crippen LogP contribution in [0, 0.1) is 0 Å². The van der Waals surface area contributed by atoms with E-state index in [1.165, 1.54) is 10.6 Å². The van der Waals surface area contributed by atoms with Gasteiger partial charge in [-0.05, 0) is 17.5 Å². The third-order valence-corrected chi connectivity index (χ3v) is 2.01. The maximum absolute atomic E-state index is 11.4. The number of carbonyl (C=O) groups excluding carboxylic acids is 1. The van der Waals surface area contributed by atoms with Crippen molar-refractivity contribution in [3.05, 3.63) is 34.2 Å². The van der Waals surface area contributed by atoms with Crippen LogP contribution >= 0.6 is 0 Å². The van der Waals surface area contributed by atoms with Crippen LogP contribution in [0.25, 0.3) is 0 Å². The third-order valence-electron chi connectivity index (χ3n) is 2.01. The second-order valence-electron chi connectivity index (χ2n) is 3.55. The Morgan fingerprint density at radius 1 is 1.57 bits per heavy atom. The third kappa shape index (κ3) is 2.45. The van der Waals surface area contributed by atoms with E-state index in [0.29, 0.717) is 5.92 Å². The highest BCUT2D eigenvalue weighted by atomic mass is 16.2. The molecule has 0 atom stereocenters. The summed E-state index contributed by atoms with van der Waals surface area (Å²) in [5, 5.41) is 0. The Kier molecular flexibility index (Phi) is 3.06. The zero-order valence-electron chi connectivity index (χ0n) is 8.36. The molecule has 0 saturated carbocycles. The van der Waals surface area contributed by atoms with E-state index in [1.54, 1.807) is 6.20 Å². The van der Waals surface area contributed by atoms with Crippen LogP contribution in [0.3, 0.4) is 0 Å². The second kappa shape index (κ2) is 4.09. The fourth-order valence-electron chi connectivity index (χ4n) is 1.18. The Bertz CT molecular complexity index is 393. The number of rotatable bonds is 3. The van der Waals surface area contributed by atoms with Crippen molar-refractivity contribution in [2.24, 2.45) is 5.73 Å². The Hall–Kier alpha value is -1.58. The molecule has 0 saturated heterocycles. The smallest absolute Gasteiger partial charge is 0.251 e. The molecule has 0 spiro atoms. The van der Waals surface area contributed by atoms with Crippen molar-refractivity contribution in [2.45, 2.75) is 26.3 Å². The van der Waals surface area contributed by atoms with Gasteiger partial charge >= 0.3 is 0 Å². The zero-order chi connectivity index (χ0) is 10.7. The van der Waals surface area contributed by atoms with Gasteiger partial charge in [-0.25, -0.2) is 0 Å². The van der Waals surface area contributed by atoms with E-state index in [0.717, 1.165) is 5.56 Å². The molecular formula is C10H14N2O2. The SMILES string of the molecule is CC(C)c1ccn(CC(N)=O)c(=O)c1. The predicted octanol–water partition coefficient (Wildman–Crippen LogP) is 0.457. The highest BCUT2D eigenvalue weighted by Gasteiger charge is 2.03. The van der Waals surface area contributed by atoms with E-state index in [4.69, 9.17) is 5.73 Å². The molecule has 1 rings (SSSR count). The van der Waals surface area contributed by atoms with Gasteiger partial charge in [0.2, 0.25) is 5.91 Å². The van der Waals surface area contributed by atoms with Crippen LogP contribution in [0.5, 0.6) is 0 Å². The number of aromatic nitrogens is 1. The number of amides is 1. The number of primary amides is 1. The Balaban J connectivity index is 3.02. The summed E-state index contributed by atoms with van der Waals surface area (Å²) >= 11 is 0. The average Bonchev–Trinajstić information content (AvgIpc) is 2.07. The van der Waals surface area contributed by atoms with Crippen LogP contribution < -0.4 is 11.3 Å². The molecule has 0 radical (unpaired) electrons. The van der Waals surface area contributed by atoms with Crippen LogP contribution in [0.4, 0.5) is 0 Å². The first kappa shape index (κ1) is 10.5. The van der Waals surface area contributed by atoms with E-state index in [1.807, 2.05) is 19.9 Å². The molecule has 4 nitrogen and oxygen atoms in total. The van der Waals surface area contributed by atoms with Gasteiger partial charge in [0.25, 0.3) is 5.56 Å². The molecule has 1 aromatic heterocycles. The Morgan fingerprint density at radius 3 is 2.64 bits per heavy atom. The van der Waals surface area contributed by atoms with Crippen molar-refractivity contribution in [2.75, 3.05) is 0 Å². The molecule has 0 unspecified atom stereocenters. The van der Waals surface area contributed by atoms with Crippen molar-refractivity contribution < 1.29 is 4.79 Å². The van der Waals surface area contributed by atoms with Gasteiger partial charge in [-0.2, -0.15) is 0 Å². The molecule has 1 amide bonds. The lowest BCUT2D eigenvalue weighted by Gasteiger charge is -2.07. The summed E-state index contributed by atoms with van der Waals surface area (Å²) in [4.78, 5) is 22.0. The van der Waals surface area contributed by atoms with Crippen molar-refractivity contribution in [1.82, 2.24) is 4.57 Å². The Morgan fingerprint density at radius 2 is 2.21 bits per heavy atom. The van der Waals surface area contributed by atoms with Crippen LogP contribution in [-0.2, 0) is 11.3 Å². The quantitative estimate of drug-likeness (QED) is 0.759. The summed E-state index contributed by atoms with van der Waals surface area (Å²) in [6.07, 6.45) is 1.60. The van der Waals surface area contributed by atoms with Gasteiger partial charge in [0.05, 0.1) is 0 Å². The fourth-order valence-corrected chi connectivity index (χ4v) is 1.18. The standard InChI is InChI=1S/C10H14N2O2/c1-7(2)8-3-4-12(6-9(11)13)10(14)5-8/h3-5,7H,6H2,1-2H3,(H2,11,13). The number of hydrogen-bond donors (Lipinski definition) is 1. The molecule has 2 N–H and O–H groups in total. The van der Waals surface area contributed by atoms with Crippen molar-refractivity contribution in [1.29, 1.82) is 0 Å². The largest absolute Gasteiger partial charge is 0.368 e. The second-order valence-corrected chi connectivity index (χ2v) is 3.55. The summed E-state index contributed by atoms with van der Waals surface area (Å²) in [7, 11) is 0. The highest BCUT2D eigenvalue weighted by molar-refractivity contribution is 5.73. The minimum Gasteiger partial charge on any atom is -0.368 e. The summed E-state index contributed by atoms with van der Waals surface area (Å²) in [6, 6.07) is 3.36. The molecule has 0 aliphatic carbocycles. The van der Waals surface area contributed by atoms with Gasteiger partial charge in [-0.3, -0.25) is 9.59 Å². The highest BCUT2D eigenvalue weighted by Crippen LogP contribution is 2.10.